The van der Waals surface area contributed by atoms with E-state index in [2.05, 4.69) is 46.0 Å². The molecule has 6 rings (SSSR count). The van der Waals surface area contributed by atoms with Crippen molar-refractivity contribution in [3.8, 4) is 0 Å². The van der Waals surface area contributed by atoms with Crippen LogP contribution in [0.1, 0.15) is 77.0 Å². The van der Waals surface area contributed by atoms with Crippen LogP contribution in [0.15, 0.2) is 27.7 Å². The molecule has 1 aliphatic heterocycles. The van der Waals surface area contributed by atoms with Crippen LogP contribution in [0.2, 0.25) is 0 Å². The van der Waals surface area contributed by atoms with Gasteiger partial charge < -0.3 is 10.6 Å². The maximum absolute atomic E-state index is 14.0. The van der Waals surface area contributed by atoms with Crippen molar-refractivity contribution in [2.45, 2.75) is 83.0 Å². The van der Waals surface area contributed by atoms with Crippen LogP contribution in [0.25, 0.3) is 5.65 Å². The summed E-state index contributed by atoms with van der Waals surface area (Å²) >= 11 is 0. The number of carbonyl (C=O) groups excluding carboxylic acids is 2. The van der Waals surface area contributed by atoms with Gasteiger partial charge >= 0.3 is 6.18 Å². The maximum Gasteiger partial charge on any atom is 0.408 e. The van der Waals surface area contributed by atoms with Crippen LogP contribution in [0, 0.1) is 25.2 Å². The average Bonchev–Trinajstić information content (AvgIpc) is 3.75. The van der Waals surface area contributed by atoms with Gasteiger partial charge in [-0.25, -0.2) is 27.5 Å². The number of imidazole rings is 1. The van der Waals surface area contributed by atoms with E-state index in [1.165, 1.54) is 17.6 Å². The topological polar surface area (TPSA) is 166 Å². The molecule has 0 spiro atoms. The number of aromatic nitrogens is 7. The molecule has 0 aromatic carbocycles. The van der Waals surface area contributed by atoms with E-state index >= 15 is 0 Å². The minimum Gasteiger partial charge on any atom is -0.344 e. The van der Waals surface area contributed by atoms with Gasteiger partial charge in [0.05, 0.1) is 29.5 Å². The second-order valence-corrected chi connectivity index (χ2v) is 11.9. The minimum atomic E-state index is -4.65. The smallest absolute Gasteiger partial charge is 0.344 e. The van der Waals surface area contributed by atoms with E-state index in [9.17, 15) is 31.5 Å². The van der Waals surface area contributed by atoms with Crippen molar-refractivity contribution in [2.24, 2.45) is 11.3 Å². The van der Waals surface area contributed by atoms with E-state index in [0.29, 0.717) is 17.0 Å². The van der Waals surface area contributed by atoms with Gasteiger partial charge in [0.2, 0.25) is 11.8 Å². The van der Waals surface area contributed by atoms with Crippen molar-refractivity contribution < 1.29 is 40.8 Å². The van der Waals surface area contributed by atoms with Crippen molar-refractivity contribution in [3.05, 3.63) is 52.5 Å². The van der Waals surface area contributed by atoms with Crippen molar-refractivity contribution in [3.63, 3.8) is 0 Å². The predicted molar refractivity (Wildman–Crippen MR) is 141 cm³/mol. The van der Waals surface area contributed by atoms with Gasteiger partial charge in [-0.2, -0.15) is 18.3 Å². The summed E-state index contributed by atoms with van der Waals surface area (Å²) in [6, 6.07) is -1.26. The number of carbonyl (C=O) groups is 2. The van der Waals surface area contributed by atoms with E-state index in [1.54, 1.807) is 19.2 Å². The van der Waals surface area contributed by atoms with Gasteiger partial charge in [-0.05, 0) is 62.2 Å². The third-order valence-electron chi connectivity index (χ3n) is 8.67. The molecule has 0 unspecified atom stereocenters. The summed E-state index contributed by atoms with van der Waals surface area (Å²) in [5.41, 5.74) is 0.320. The molecule has 2 fully saturated rings. The van der Waals surface area contributed by atoms with E-state index in [4.69, 9.17) is 4.63 Å². The zero-order valence-corrected chi connectivity index (χ0v) is 24.1. The molecule has 2 N–H and O–H groups in total. The van der Waals surface area contributed by atoms with Crippen molar-refractivity contribution in [1.82, 2.24) is 45.9 Å². The Labute approximate surface area is 251 Å². The third kappa shape index (κ3) is 6.09. The fourth-order valence-electron chi connectivity index (χ4n) is 6.19. The third-order valence-corrected chi connectivity index (χ3v) is 8.67. The lowest BCUT2D eigenvalue weighted by Gasteiger charge is -2.33. The average molecular weight is 638 g/mol. The highest BCUT2D eigenvalue weighted by molar-refractivity contribution is 5.93. The normalized spacial score (nSPS) is 22.9. The number of amides is 2. The van der Waals surface area contributed by atoms with Gasteiger partial charge in [-0.1, -0.05) is 15.5 Å². The molecule has 240 valence electrons. The molecule has 0 bridgehead atoms. The first-order chi connectivity index (χ1) is 21.2. The zero-order valence-electron chi connectivity index (χ0n) is 24.1. The number of alkyl halides is 5. The van der Waals surface area contributed by atoms with E-state index < -0.39 is 47.8 Å². The summed E-state index contributed by atoms with van der Waals surface area (Å²) in [5.74, 6) is -4.60. The Hall–Kier alpha value is -4.51. The molecule has 18 heteroatoms. The van der Waals surface area contributed by atoms with Gasteiger partial charge in [0, 0.05) is 19.3 Å². The molecule has 3 atom stereocenters. The summed E-state index contributed by atoms with van der Waals surface area (Å²) in [7, 11) is 0. The number of aryl methyl sites for hydroxylation is 2. The maximum atomic E-state index is 14.0. The Kier molecular flexibility index (Phi) is 7.55. The first-order valence-electron chi connectivity index (χ1n) is 14.2. The molecule has 2 aliphatic rings. The molecule has 1 saturated carbocycles. The first-order valence-corrected chi connectivity index (χ1v) is 14.2. The second-order valence-electron chi connectivity index (χ2n) is 11.9. The highest BCUT2D eigenvalue weighted by Crippen LogP contribution is 2.43. The Morgan fingerprint density at radius 2 is 1.82 bits per heavy atom. The number of rotatable bonds is 8. The van der Waals surface area contributed by atoms with Gasteiger partial charge in [0.1, 0.15) is 23.1 Å². The fraction of sp³-hybridized carbons (Fsp3) is 0.556. The fourth-order valence-corrected chi connectivity index (χ4v) is 6.19. The molecular formula is C27H28F5N9O4. The molecule has 5 heterocycles. The van der Waals surface area contributed by atoms with E-state index in [0.717, 1.165) is 0 Å². The molecule has 4 aromatic heterocycles. The van der Waals surface area contributed by atoms with Crippen LogP contribution >= 0.6 is 0 Å². The van der Waals surface area contributed by atoms with Crippen LogP contribution in [-0.2, 0) is 17.6 Å². The van der Waals surface area contributed by atoms with E-state index in [-0.39, 0.29) is 67.2 Å². The lowest BCUT2D eigenvalue weighted by Crippen LogP contribution is -2.39. The first kappa shape index (κ1) is 30.5. The van der Waals surface area contributed by atoms with Gasteiger partial charge in [0.15, 0.2) is 11.3 Å². The molecule has 0 radical (unpaired) electrons. The SMILES string of the molecule is Cc1nonc1C[C@]1(Cc2cnn3cc([C@@H](NC(=O)c4nonc4C)C4CCC(F)(F)CC4)nc3c2)C[C@@H](C(F)(F)F)NC1=O. The van der Waals surface area contributed by atoms with Gasteiger partial charge in [-0.3, -0.25) is 9.59 Å². The number of halogens is 5. The van der Waals surface area contributed by atoms with Crippen molar-refractivity contribution in [1.29, 1.82) is 0 Å². The number of hydrogen-bond acceptors (Lipinski definition) is 10. The molecule has 4 aromatic rings. The highest BCUT2D eigenvalue weighted by atomic mass is 19.4. The summed E-state index contributed by atoms with van der Waals surface area (Å²) < 4.78 is 79.8. The molecule has 45 heavy (non-hydrogen) atoms. The van der Waals surface area contributed by atoms with Crippen molar-refractivity contribution >= 4 is 17.5 Å². The van der Waals surface area contributed by atoms with Crippen LogP contribution in [-0.4, -0.2) is 65.2 Å². The molecule has 1 saturated heterocycles. The Morgan fingerprint density at radius 1 is 1.11 bits per heavy atom. The second kappa shape index (κ2) is 11.1. The largest absolute Gasteiger partial charge is 0.408 e. The summed E-state index contributed by atoms with van der Waals surface area (Å²) in [5, 5.41) is 24.0. The van der Waals surface area contributed by atoms with Gasteiger partial charge in [0.25, 0.3) is 5.91 Å². The lowest BCUT2D eigenvalue weighted by molar-refractivity contribution is -0.155. The van der Waals surface area contributed by atoms with Crippen LogP contribution in [0.5, 0.6) is 0 Å². The number of nitrogens with one attached hydrogen (secondary N) is 2. The quantitative estimate of drug-likeness (QED) is 0.273. The monoisotopic (exact) mass is 637 g/mol. The van der Waals surface area contributed by atoms with Gasteiger partial charge in [-0.15, -0.1) is 0 Å². The predicted octanol–water partition coefficient (Wildman–Crippen LogP) is 3.63. The molecule has 2 amide bonds. The summed E-state index contributed by atoms with van der Waals surface area (Å²) in [6.45, 7) is 3.11. The number of hydrogen-bond donors (Lipinski definition) is 2. The van der Waals surface area contributed by atoms with Crippen LogP contribution in [0.4, 0.5) is 22.0 Å². The number of fused-ring (bicyclic) bond motifs is 1. The highest BCUT2D eigenvalue weighted by Gasteiger charge is 2.56. The Balaban J connectivity index is 1.31. The van der Waals surface area contributed by atoms with Crippen molar-refractivity contribution in [2.75, 3.05) is 0 Å². The minimum absolute atomic E-state index is 0.0554. The zero-order chi connectivity index (χ0) is 32.1. The Bertz CT molecular complexity index is 1720. The molecule has 13 nitrogen and oxygen atoms in total. The van der Waals surface area contributed by atoms with Crippen LogP contribution < -0.4 is 10.6 Å². The Morgan fingerprint density at radius 3 is 2.44 bits per heavy atom. The summed E-state index contributed by atoms with van der Waals surface area (Å²) in [6.07, 6.45) is -2.97. The molecule has 1 aliphatic carbocycles. The summed E-state index contributed by atoms with van der Waals surface area (Å²) in [4.78, 5) is 30.8. The van der Waals surface area contributed by atoms with E-state index in [1.807, 2.05) is 0 Å². The lowest BCUT2D eigenvalue weighted by atomic mass is 9.75. The standard InChI is InChI=1S/C27H28F5N9O4/c1-13-17(39-44-37-13)9-25(10-19(27(30,31)32)35-24(25)43)8-15-7-20-34-18(12-41(20)33-11-15)22(16-3-5-26(28,29)6-4-16)36-23(42)21-14(2)38-45-40-21/h7,11-12,16,19,22H,3-6,8-10H2,1-2H3,(H,35,43)(H,36,42)/t19-,22-,25+/m0/s1. The van der Waals surface area contributed by atoms with Crippen LogP contribution in [0.3, 0.4) is 0 Å². The molecular weight excluding hydrogens is 609 g/mol. The number of nitrogens with zero attached hydrogens (tertiary/aromatic N) is 7.